The van der Waals surface area contributed by atoms with E-state index in [0.717, 1.165) is 9.87 Å². The highest BCUT2D eigenvalue weighted by molar-refractivity contribution is 7.92. The van der Waals surface area contributed by atoms with Crippen LogP contribution >= 0.6 is 23.2 Å². The Bertz CT molecular complexity index is 1450. The summed E-state index contributed by atoms with van der Waals surface area (Å²) in [5.74, 6) is -1.48. The summed E-state index contributed by atoms with van der Waals surface area (Å²) in [6, 6.07) is 14.9. The Hall–Kier alpha value is -3.14. The lowest BCUT2D eigenvalue weighted by Crippen LogP contribution is -2.52. The van der Waals surface area contributed by atoms with Crippen LogP contribution in [0.5, 0.6) is 0 Å². The third-order valence-corrected chi connectivity index (χ3v) is 9.04. The van der Waals surface area contributed by atoms with Gasteiger partial charge in [-0.05, 0) is 75.2 Å². The summed E-state index contributed by atoms with van der Waals surface area (Å²) in [6.07, 6.45) is 0.685. The smallest absolute Gasteiger partial charge is 0.264 e. The quantitative estimate of drug-likeness (QED) is 0.291. The van der Waals surface area contributed by atoms with E-state index in [1.807, 2.05) is 20.8 Å². The number of anilines is 1. The number of benzene rings is 3. The van der Waals surface area contributed by atoms with Gasteiger partial charge in [0.1, 0.15) is 18.4 Å². The van der Waals surface area contributed by atoms with E-state index >= 15 is 0 Å². The molecular weight excluding hydrogens is 576 g/mol. The van der Waals surface area contributed by atoms with E-state index in [1.54, 1.807) is 19.1 Å². The minimum Gasteiger partial charge on any atom is -0.352 e. The monoisotopic (exact) mass is 607 g/mol. The Labute approximate surface area is 244 Å². The molecule has 0 aliphatic carbocycles. The number of aryl methyl sites for hydroxylation is 1. The predicted octanol–water partition coefficient (Wildman–Crippen LogP) is 5.97. The molecule has 0 spiro atoms. The molecule has 7 nitrogen and oxygen atoms in total. The summed E-state index contributed by atoms with van der Waals surface area (Å²) in [6.45, 7) is 6.48. The summed E-state index contributed by atoms with van der Waals surface area (Å²) in [5.41, 5.74) is 1.56. The number of sulfonamides is 1. The zero-order valence-corrected chi connectivity index (χ0v) is 25.0. The fourth-order valence-electron chi connectivity index (χ4n) is 3.84. The van der Waals surface area contributed by atoms with Crippen LogP contribution in [0.25, 0.3) is 0 Å². The molecule has 3 aromatic carbocycles. The average molecular weight is 609 g/mol. The van der Waals surface area contributed by atoms with Crippen LogP contribution in [-0.2, 0) is 26.2 Å². The highest BCUT2D eigenvalue weighted by Crippen LogP contribution is 2.31. The Morgan fingerprint density at radius 1 is 0.950 bits per heavy atom. The van der Waals surface area contributed by atoms with Crippen LogP contribution < -0.4 is 9.62 Å². The zero-order chi connectivity index (χ0) is 29.6. The number of rotatable bonds is 11. The van der Waals surface area contributed by atoms with Gasteiger partial charge < -0.3 is 10.2 Å². The van der Waals surface area contributed by atoms with Crippen molar-refractivity contribution < 1.29 is 22.4 Å². The summed E-state index contributed by atoms with van der Waals surface area (Å²) >= 11 is 12.3. The lowest BCUT2D eigenvalue weighted by molar-refractivity contribution is -0.139. The largest absolute Gasteiger partial charge is 0.352 e. The van der Waals surface area contributed by atoms with Crippen LogP contribution in [-0.4, -0.2) is 43.8 Å². The Balaban J connectivity index is 2.04. The molecule has 0 aromatic heterocycles. The van der Waals surface area contributed by atoms with E-state index in [-0.39, 0.29) is 33.2 Å². The minimum absolute atomic E-state index is 0.0235. The van der Waals surface area contributed by atoms with E-state index in [1.165, 1.54) is 59.5 Å². The molecule has 0 bridgehead atoms. The Morgan fingerprint density at radius 3 is 2.15 bits per heavy atom. The molecule has 40 heavy (non-hydrogen) atoms. The molecular formula is C29H32Cl2FN3O4S. The van der Waals surface area contributed by atoms with E-state index in [9.17, 15) is 22.4 Å². The van der Waals surface area contributed by atoms with Gasteiger partial charge in [-0.1, -0.05) is 60.0 Å². The first-order valence-corrected chi connectivity index (χ1v) is 14.9. The van der Waals surface area contributed by atoms with Crippen molar-refractivity contribution in [1.29, 1.82) is 0 Å². The standard InChI is InChI=1S/C29H32Cl2FN3O4S/c1-5-20(3)33-29(37)21(4)34(17-22-8-10-23(32)11-9-22)28(36)18-35(24-12-15-26(30)27(31)16-24)40(38,39)25-13-6-19(2)7-14-25/h6-16,20-21H,5,17-18H2,1-4H3,(H,33,37)/t20-,21+/m0/s1. The van der Waals surface area contributed by atoms with E-state index in [4.69, 9.17) is 23.2 Å². The normalized spacial score (nSPS) is 12.9. The number of hydrogen-bond donors (Lipinski definition) is 1. The molecule has 0 saturated carbocycles. The fraction of sp³-hybridized carbons (Fsp3) is 0.310. The molecule has 11 heteroatoms. The third-order valence-electron chi connectivity index (χ3n) is 6.51. The number of nitrogens with zero attached hydrogens (tertiary/aromatic N) is 2. The van der Waals surface area contributed by atoms with Gasteiger partial charge in [0.2, 0.25) is 11.8 Å². The fourth-order valence-corrected chi connectivity index (χ4v) is 5.54. The van der Waals surface area contributed by atoms with Gasteiger partial charge in [-0.3, -0.25) is 13.9 Å². The summed E-state index contributed by atoms with van der Waals surface area (Å²) < 4.78 is 42.2. The molecule has 1 N–H and O–H groups in total. The van der Waals surface area contributed by atoms with Gasteiger partial charge in [0.15, 0.2) is 0 Å². The number of nitrogens with one attached hydrogen (secondary N) is 1. The molecule has 0 unspecified atom stereocenters. The number of carbonyl (C=O) groups is 2. The van der Waals surface area contributed by atoms with Crippen molar-refractivity contribution >= 4 is 50.7 Å². The van der Waals surface area contributed by atoms with Crippen LogP contribution in [0.1, 0.15) is 38.3 Å². The van der Waals surface area contributed by atoms with Gasteiger partial charge >= 0.3 is 0 Å². The molecule has 2 atom stereocenters. The maximum absolute atomic E-state index is 13.9. The Morgan fingerprint density at radius 2 is 1.57 bits per heavy atom. The SMILES string of the molecule is CC[C@H](C)NC(=O)[C@@H](C)N(Cc1ccc(F)cc1)C(=O)CN(c1ccc(Cl)c(Cl)c1)S(=O)(=O)c1ccc(C)cc1. The number of halogens is 3. The highest BCUT2D eigenvalue weighted by atomic mass is 35.5. The van der Waals surface area contributed by atoms with Crippen molar-refractivity contribution in [2.24, 2.45) is 0 Å². The number of amides is 2. The molecule has 0 fully saturated rings. The predicted molar refractivity (Wildman–Crippen MR) is 156 cm³/mol. The molecule has 0 heterocycles. The van der Waals surface area contributed by atoms with Crippen molar-refractivity contribution in [2.75, 3.05) is 10.8 Å². The van der Waals surface area contributed by atoms with E-state index in [2.05, 4.69) is 5.32 Å². The van der Waals surface area contributed by atoms with Crippen LogP contribution in [0.4, 0.5) is 10.1 Å². The van der Waals surface area contributed by atoms with Crippen LogP contribution in [0.3, 0.4) is 0 Å². The number of carbonyl (C=O) groups excluding carboxylic acids is 2. The van der Waals surface area contributed by atoms with Gasteiger partial charge in [-0.2, -0.15) is 0 Å². The van der Waals surface area contributed by atoms with Crippen molar-refractivity contribution in [3.05, 3.63) is 93.7 Å². The van der Waals surface area contributed by atoms with Crippen molar-refractivity contribution in [2.45, 2.75) is 57.6 Å². The van der Waals surface area contributed by atoms with Crippen LogP contribution in [0.2, 0.25) is 10.0 Å². The van der Waals surface area contributed by atoms with Gasteiger partial charge in [-0.25, -0.2) is 12.8 Å². The van der Waals surface area contributed by atoms with Crippen molar-refractivity contribution in [1.82, 2.24) is 10.2 Å². The van der Waals surface area contributed by atoms with E-state index < -0.39 is 40.2 Å². The first-order chi connectivity index (χ1) is 18.8. The summed E-state index contributed by atoms with van der Waals surface area (Å²) in [5, 5.41) is 3.19. The second-order valence-corrected chi connectivity index (χ2v) is 12.2. The van der Waals surface area contributed by atoms with E-state index in [0.29, 0.717) is 12.0 Å². The molecule has 2 amide bonds. The lowest BCUT2D eigenvalue weighted by Gasteiger charge is -2.32. The first-order valence-electron chi connectivity index (χ1n) is 12.7. The molecule has 3 rings (SSSR count). The molecule has 214 valence electrons. The number of hydrogen-bond acceptors (Lipinski definition) is 4. The average Bonchev–Trinajstić information content (AvgIpc) is 2.92. The van der Waals surface area contributed by atoms with Crippen molar-refractivity contribution in [3.63, 3.8) is 0 Å². The molecule has 0 aliphatic heterocycles. The summed E-state index contributed by atoms with van der Waals surface area (Å²) in [4.78, 5) is 28.2. The van der Waals surface area contributed by atoms with Crippen LogP contribution in [0.15, 0.2) is 71.6 Å². The Kier molecular flexibility index (Phi) is 10.6. The third kappa shape index (κ3) is 7.74. The maximum atomic E-state index is 13.9. The molecule has 0 aliphatic rings. The highest BCUT2D eigenvalue weighted by Gasteiger charge is 2.33. The first kappa shape index (κ1) is 31.4. The second kappa shape index (κ2) is 13.5. The van der Waals surface area contributed by atoms with Gasteiger partial charge in [0.05, 0.1) is 20.6 Å². The van der Waals surface area contributed by atoms with Crippen LogP contribution in [0, 0.1) is 12.7 Å². The van der Waals surface area contributed by atoms with Gasteiger partial charge in [0, 0.05) is 12.6 Å². The molecule has 3 aromatic rings. The van der Waals surface area contributed by atoms with Crippen molar-refractivity contribution in [3.8, 4) is 0 Å². The lowest BCUT2D eigenvalue weighted by atomic mass is 10.1. The second-order valence-electron chi connectivity index (χ2n) is 9.57. The molecule has 0 radical (unpaired) electrons. The minimum atomic E-state index is -4.24. The maximum Gasteiger partial charge on any atom is 0.264 e. The van der Waals surface area contributed by atoms with Gasteiger partial charge in [-0.15, -0.1) is 0 Å². The molecule has 0 saturated heterocycles. The topological polar surface area (TPSA) is 86.8 Å². The summed E-state index contributed by atoms with van der Waals surface area (Å²) in [7, 11) is -4.24. The van der Waals surface area contributed by atoms with Gasteiger partial charge in [0.25, 0.3) is 10.0 Å². The zero-order valence-electron chi connectivity index (χ0n) is 22.7.